The van der Waals surface area contributed by atoms with E-state index in [4.69, 9.17) is 5.10 Å². The quantitative estimate of drug-likeness (QED) is 0.531. The number of nitrogens with one attached hydrogen (secondary N) is 1. The molecule has 1 N–H and O–H groups in total. The van der Waals surface area contributed by atoms with E-state index >= 15 is 0 Å². The van der Waals surface area contributed by atoms with Gasteiger partial charge in [-0.15, -0.1) is 15.3 Å². The van der Waals surface area contributed by atoms with Gasteiger partial charge in [0.05, 0.1) is 0 Å². The van der Waals surface area contributed by atoms with Gasteiger partial charge >= 0.3 is 0 Å². The van der Waals surface area contributed by atoms with Crippen molar-refractivity contribution in [2.24, 2.45) is 5.92 Å². The summed E-state index contributed by atoms with van der Waals surface area (Å²) in [5.41, 5.74) is 3.37. The molecule has 2 aliphatic rings. The smallest absolute Gasteiger partial charge is 0.220 e. The molecule has 0 aliphatic carbocycles. The maximum Gasteiger partial charge on any atom is 0.220 e. The number of rotatable bonds is 8. The molecule has 2 saturated heterocycles. The second-order valence-corrected chi connectivity index (χ2v) is 10.0. The summed E-state index contributed by atoms with van der Waals surface area (Å²) in [5, 5.41) is 16.5. The molecule has 0 spiro atoms. The zero-order chi connectivity index (χ0) is 24.2. The minimum absolute atomic E-state index is 0.0638. The number of aromatic nitrogens is 4. The topological polar surface area (TPSA) is 81.9 Å². The Bertz CT molecular complexity index is 1140. The van der Waals surface area contributed by atoms with Crippen LogP contribution in [0.3, 0.4) is 0 Å². The number of piperazine rings is 1. The number of nitrogens with zero attached hydrogens (tertiary/aromatic N) is 7. The number of carbonyl (C=O) groups excluding carboxylic acids is 1. The van der Waals surface area contributed by atoms with Crippen LogP contribution in [-0.4, -0.2) is 88.4 Å². The van der Waals surface area contributed by atoms with Crippen LogP contribution in [0.5, 0.6) is 0 Å². The van der Waals surface area contributed by atoms with Gasteiger partial charge < -0.3 is 15.1 Å². The largest absolute Gasteiger partial charge is 0.356 e. The summed E-state index contributed by atoms with van der Waals surface area (Å²) in [5.74, 6) is 2.24. The Morgan fingerprint density at radius 1 is 1.03 bits per heavy atom. The van der Waals surface area contributed by atoms with Crippen molar-refractivity contribution in [1.82, 2.24) is 34.9 Å². The number of carbonyl (C=O) groups is 1. The number of likely N-dealkylation sites (N-methyl/N-ethyl adjacent to an activating group) is 1. The van der Waals surface area contributed by atoms with Crippen LogP contribution in [0.15, 0.2) is 36.4 Å². The van der Waals surface area contributed by atoms with Gasteiger partial charge in [0.1, 0.15) is 5.82 Å². The Labute approximate surface area is 207 Å². The van der Waals surface area contributed by atoms with E-state index in [9.17, 15) is 4.79 Å². The summed E-state index contributed by atoms with van der Waals surface area (Å²) >= 11 is 0. The summed E-state index contributed by atoms with van der Waals surface area (Å²) < 4.78 is 1.79. The van der Waals surface area contributed by atoms with Gasteiger partial charge in [0.25, 0.3) is 0 Å². The predicted molar refractivity (Wildman–Crippen MR) is 136 cm³/mol. The van der Waals surface area contributed by atoms with Crippen LogP contribution < -0.4 is 10.2 Å². The maximum absolute atomic E-state index is 12.6. The highest BCUT2D eigenvalue weighted by molar-refractivity contribution is 5.76. The van der Waals surface area contributed by atoms with Crippen molar-refractivity contribution in [2.75, 3.05) is 57.8 Å². The lowest BCUT2D eigenvalue weighted by Gasteiger charge is -2.33. The standard InChI is InChI=1S/C26H36N8O/c1-20-3-5-21(6-4-20)18-32-12-11-22(19-32)17-27-26(35)10-9-24-29-28-23-7-8-25(30-34(23)24)33-15-13-31(2)14-16-33/h3-8,22H,9-19H2,1-2H3,(H,27,35)/t22-/m0/s1. The first-order chi connectivity index (χ1) is 17.0. The number of hydrogen-bond acceptors (Lipinski definition) is 7. The van der Waals surface area contributed by atoms with Gasteiger partial charge in [-0.2, -0.15) is 4.52 Å². The zero-order valence-corrected chi connectivity index (χ0v) is 20.9. The first-order valence-corrected chi connectivity index (χ1v) is 12.7. The van der Waals surface area contributed by atoms with Crippen molar-refractivity contribution < 1.29 is 4.79 Å². The fourth-order valence-corrected chi connectivity index (χ4v) is 4.93. The molecule has 9 heteroatoms. The third kappa shape index (κ3) is 5.97. The first kappa shape index (κ1) is 23.7. The number of aryl methyl sites for hydroxylation is 2. The van der Waals surface area contributed by atoms with E-state index in [1.807, 2.05) is 12.1 Å². The Hall–Kier alpha value is -3.04. The first-order valence-electron chi connectivity index (χ1n) is 12.7. The van der Waals surface area contributed by atoms with Gasteiger partial charge in [-0.05, 0) is 50.6 Å². The van der Waals surface area contributed by atoms with Crippen LogP contribution in [0.4, 0.5) is 5.82 Å². The van der Waals surface area contributed by atoms with Gasteiger partial charge in [0.2, 0.25) is 5.91 Å². The van der Waals surface area contributed by atoms with Gasteiger partial charge in [-0.25, -0.2) is 0 Å². The molecule has 4 heterocycles. The molecule has 0 bridgehead atoms. The molecule has 0 radical (unpaired) electrons. The molecular weight excluding hydrogens is 440 g/mol. The van der Waals surface area contributed by atoms with E-state index in [1.54, 1.807) is 4.52 Å². The molecule has 2 aromatic heterocycles. The number of amides is 1. The Morgan fingerprint density at radius 2 is 1.83 bits per heavy atom. The SMILES string of the molecule is Cc1ccc(CN2CC[C@@H](CNC(=O)CCc3nnc4ccc(N5CCN(C)CC5)nn34)C2)cc1. The highest BCUT2D eigenvalue weighted by Crippen LogP contribution is 2.19. The Balaban J connectivity index is 1.09. The van der Waals surface area contributed by atoms with Crippen molar-refractivity contribution in [2.45, 2.75) is 32.7 Å². The zero-order valence-electron chi connectivity index (χ0n) is 20.9. The summed E-state index contributed by atoms with van der Waals surface area (Å²) in [7, 11) is 2.14. The minimum Gasteiger partial charge on any atom is -0.356 e. The third-order valence-electron chi connectivity index (χ3n) is 7.20. The Morgan fingerprint density at radius 3 is 2.63 bits per heavy atom. The van der Waals surface area contributed by atoms with Gasteiger partial charge in [0.15, 0.2) is 11.5 Å². The summed E-state index contributed by atoms with van der Waals surface area (Å²) in [6.07, 6.45) is 2.04. The lowest BCUT2D eigenvalue weighted by molar-refractivity contribution is -0.121. The van der Waals surface area contributed by atoms with Crippen LogP contribution in [-0.2, 0) is 17.8 Å². The lowest BCUT2D eigenvalue weighted by Crippen LogP contribution is -2.45. The molecule has 2 fully saturated rings. The van der Waals surface area contributed by atoms with Crippen molar-refractivity contribution in [3.63, 3.8) is 0 Å². The predicted octanol–water partition coefficient (Wildman–Crippen LogP) is 1.76. The molecule has 186 valence electrons. The van der Waals surface area contributed by atoms with E-state index in [0.29, 0.717) is 18.8 Å². The normalized spacial score (nSPS) is 19.5. The van der Waals surface area contributed by atoms with Crippen molar-refractivity contribution in [1.29, 1.82) is 0 Å². The molecule has 9 nitrogen and oxygen atoms in total. The molecular formula is C26H36N8O. The highest BCUT2D eigenvalue weighted by Gasteiger charge is 2.23. The highest BCUT2D eigenvalue weighted by atomic mass is 16.1. The molecule has 3 aromatic rings. The number of anilines is 1. The van der Waals surface area contributed by atoms with E-state index < -0.39 is 0 Å². The fourth-order valence-electron chi connectivity index (χ4n) is 4.93. The fraction of sp³-hybridized carbons (Fsp3) is 0.538. The molecule has 0 saturated carbocycles. The summed E-state index contributed by atoms with van der Waals surface area (Å²) in [6, 6.07) is 12.7. The molecule has 5 rings (SSSR count). The number of benzene rings is 1. The van der Waals surface area contributed by atoms with Gasteiger partial charge in [-0.1, -0.05) is 29.8 Å². The average molecular weight is 477 g/mol. The molecule has 1 atom stereocenters. The van der Waals surface area contributed by atoms with Crippen LogP contribution in [0.25, 0.3) is 5.65 Å². The van der Waals surface area contributed by atoms with Crippen LogP contribution in [0, 0.1) is 12.8 Å². The van der Waals surface area contributed by atoms with Crippen LogP contribution >= 0.6 is 0 Å². The van der Waals surface area contributed by atoms with E-state index in [-0.39, 0.29) is 5.91 Å². The van der Waals surface area contributed by atoms with Crippen LogP contribution in [0.1, 0.15) is 29.8 Å². The molecule has 1 amide bonds. The van der Waals surface area contributed by atoms with Gasteiger partial charge in [0, 0.05) is 58.7 Å². The second-order valence-electron chi connectivity index (χ2n) is 10.0. The second kappa shape index (κ2) is 10.7. The van der Waals surface area contributed by atoms with Crippen molar-refractivity contribution >= 4 is 17.4 Å². The molecule has 35 heavy (non-hydrogen) atoms. The van der Waals surface area contributed by atoms with Crippen molar-refractivity contribution in [3.05, 3.63) is 53.3 Å². The number of likely N-dealkylation sites (tertiary alicyclic amines) is 1. The molecule has 2 aliphatic heterocycles. The number of fused-ring (bicyclic) bond motifs is 1. The number of hydrogen-bond donors (Lipinski definition) is 1. The van der Waals surface area contributed by atoms with Crippen molar-refractivity contribution in [3.8, 4) is 0 Å². The van der Waals surface area contributed by atoms with Crippen LogP contribution in [0.2, 0.25) is 0 Å². The summed E-state index contributed by atoms with van der Waals surface area (Å²) in [6.45, 7) is 9.91. The van der Waals surface area contributed by atoms with E-state index in [1.165, 1.54) is 11.1 Å². The third-order valence-corrected chi connectivity index (χ3v) is 7.20. The molecule has 1 aromatic carbocycles. The van der Waals surface area contributed by atoms with Gasteiger partial charge in [-0.3, -0.25) is 9.69 Å². The minimum atomic E-state index is 0.0638. The maximum atomic E-state index is 12.6. The van der Waals surface area contributed by atoms with E-state index in [0.717, 1.165) is 76.1 Å². The molecule has 0 unspecified atom stereocenters. The average Bonchev–Trinajstić information content (AvgIpc) is 3.49. The Kier molecular flexibility index (Phi) is 7.24. The van der Waals surface area contributed by atoms with E-state index in [2.05, 4.69) is 68.5 Å². The lowest BCUT2D eigenvalue weighted by atomic mass is 10.1. The monoisotopic (exact) mass is 476 g/mol. The summed E-state index contributed by atoms with van der Waals surface area (Å²) in [4.78, 5) is 19.7.